The Morgan fingerprint density at radius 3 is 2.37 bits per heavy atom. The fourth-order valence-electron chi connectivity index (χ4n) is 2.07. The molecular weight excluding hydrogens is 240 g/mol. The Morgan fingerprint density at radius 2 is 1.89 bits per heavy atom. The number of likely N-dealkylation sites (N-methyl/N-ethyl adjacent to an activating group) is 2. The SMILES string of the molecule is CCNC(C)(C)C(=O)N(C)Cc1ccc(OC)cc1. The molecule has 1 aromatic rings. The Morgan fingerprint density at radius 1 is 1.32 bits per heavy atom. The minimum atomic E-state index is -0.532. The molecule has 4 nitrogen and oxygen atoms in total. The number of hydrogen-bond acceptors (Lipinski definition) is 3. The topological polar surface area (TPSA) is 41.6 Å². The van der Waals surface area contributed by atoms with Gasteiger partial charge >= 0.3 is 0 Å². The van der Waals surface area contributed by atoms with Crippen LogP contribution in [0.2, 0.25) is 0 Å². The minimum absolute atomic E-state index is 0.0881. The standard InChI is InChI=1S/C15H24N2O2/c1-6-16-15(2,3)14(18)17(4)11-12-7-9-13(19-5)10-8-12/h7-10,16H,6,11H2,1-5H3. The van der Waals surface area contributed by atoms with E-state index in [-0.39, 0.29) is 5.91 Å². The number of nitrogens with one attached hydrogen (secondary N) is 1. The molecule has 0 fully saturated rings. The Labute approximate surface area is 115 Å². The Balaban J connectivity index is 2.67. The summed E-state index contributed by atoms with van der Waals surface area (Å²) in [7, 11) is 3.47. The number of benzene rings is 1. The Bertz CT molecular complexity index is 413. The van der Waals surface area contributed by atoms with Crippen LogP contribution in [0.4, 0.5) is 0 Å². The number of ether oxygens (including phenoxy) is 1. The molecule has 0 saturated carbocycles. The fourth-order valence-corrected chi connectivity index (χ4v) is 2.07. The van der Waals surface area contributed by atoms with Gasteiger partial charge in [0, 0.05) is 13.6 Å². The van der Waals surface area contributed by atoms with E-state index in [9.17, 15) is 4.79 Å². The molecule has 0 bridgehead atoms. The summed E-state index contributed by atoms with van der Waals surface area (Å²) in [6.07, 6.45) is 0. The van der Waals surface area contributed by atoms with Crippen LogP contribution in [0.15, 0.2) is 24.3 Å². The van der Waals surface area contributed by atoms with Crippen LogP contribution in [-0.2, 0) is 11.3 Å². The van der Waals surface area contributed by atoms with Crippen LogP contribution in [0.1, 0.15) is 26.3 Å². The van der Waals surface area contributed by atoms with Crippen LogP contribution in [0.5, 0.6) is 5.75 Å². The summed E-state index contributed by atoms with van der Waals surface area (Å²) in [5, 5.41) is 3.20. The van der Waals surface area contributed by atoms with Crippen LogP contribution in [0.3, 0.4) is 0 Å². The zero-order valence-corrected chi connectivity index (χ0v) is 12.5. The van der Waals surface area contributed by atoms with Crippen molar-refractivity contribution in [3.05, 3.63) is 29.8 Å². The van der Waals surface area contributed by atoms with Crippen LogP contribution >= 0.6 is 0 Å². The monoisotopic (exact) mass is 264 g/mol. The Kier molecular flexibility index (Phi) is 5.36. The molecule has 0 atom stereocenters. The van der Waals surface area contributed by atoms with E-state index in [1.54, 1.807) is 12.0 Å². The van der Waals surface area contributed by atoms with E-state index in [4.69, 9.17) is 4.74 Å². The van der Waals surface area contributed by atoms with Crippen molar-refractivity contribution in [2.24, 2.45) is 0 Å². The van der Waals surface area contributed by atoms with Crippen molar-refractivity contribution in [3.63, 3.8) is 0 Å². The van der Waals surface area contributed by atoms with E-state index in [1.807, 2.05) is 52.1 Å². The first kappa shape index (κ1) is 15.5. The largest absolute Gasteiger partial charge is 0.497 e. The quantitative estimate of drug-likeness (QED) is 0.855. The van der Waals surface area contributed by atoms with E-state index in [1.165, 1.54) is 0 Å². The summed E-state index contributed by atoms with van der Waals surface area (Å²) in [6, 6.07) is 7.76. The van der Waals surface area contributed by atoms with E-state index in [0.717, 1.165) is 17.9 Å². The van der Waals surface area contributed by atoms with Gasteiger partial charge in [-0.3, -0.25) is 4.79 Å². The summed E-state index contributed by atoms with van der Waals surface area (Å²) < 4.78 is 5.12. The number of hydrogen-bond donors (Lipinski definition) is 1. The van der Waals surface area contributed by atoms with Crippen LogP contribution < -0.4 is 10.1 Å². The second-order valence-electron chi connectivity index (χ2n) is 5.16. The second-order valence-corrected chi connectivity index (χ2v) is 5.16. The van der Waals surface area contributed by atoms with E-state index >= 15 is 0 Å². The lowest BCUT2D eigenvalue weighted by molar-refractivity contribution is -0.136. The molecule has 1 N–H and O–H groups in total. The number of rotatable bonds is 6. The molecule has 4 heteroatoms. The molecule has 106 valence electrons. The maximum Gasteiger partial charge on any atom is 0.242 e. The molecule has 1 aromatic carbocycles. The number of carbonyl (C=O) groups is 1. The molecule has 0 saturated heterocycles. The van der Waals surface area contributed by atoms with Gasteiger partial charge < -0.3 is 15.0 Å². The highest BCUT2D eigenvalue weighted by molar-refractivity contribution is 5.85. The molecular formula is C15H24N2O2. The molecule has 0 aliphatic heterocycles. The fraction of sp³-hybridized carbons (Fsp3) is 0.533. The minimum Gasteiger partial charge on any atom is -0.497 e. The van der Waals surface area contributed by atoms with Gasteiger partial charge in [0.2, 0.25) is 5.91 Å². The lowest BCUT2D eigenvalue weighted by atomic mass is 10.0. The van der Waals surface area contributed by atoms with Gasteiger partial charge in [0.25, 0.3) is 0 Å². The van der Waals surface area contributed by atoms with Gasteiger partial charge in [0.05, 0.1) is 12.6 Å². The zero-order valence-electron chi connectivity index (χ0n) is 12.5. The number of nitrogens with zero attached hydrogens (tertiary/aromatic N) is 1. The first-order valence-corrected chi connectivity index (χ1v) is 6.54. The molecule has 0 radical (unpaired) electrons. The number of carbonyl (C=O) groups excluding carboxylic acids is 1. The second kappa shape index (κ2) is 6.57. The van der Waals surface area contributed by atoms with E-state index in [0.29, 0.717) is 6.54 Å². The van der Waals surface area contributed by atoms with Crippen LogP contribution in [-0.4, -0.2) is 37.0 Å². The lowest BCUT2D eigenvalue weighted by Gasteiger charge is -2.30. The van der Waals surface area contributed by atoms with Crippen molar-refractivity contribution in [1.82, 2.24) is 10.2 Å². The summed E-state index contributed by atoms with van der Waals surface area (Å²) in [5.41, 5.74) is 0.555. The molecule has 0 aliphatic rings. The highest BCUT2D eigenvalue weighted by Crippen LogP contribution is 2.14. The average Bonchev–Trinajstić information content (AvgIpc) is 2.38. The molecule has 19 heavy (non-hydrogen) atoms. The van der Waals surface area contributed by atoms with Gasteiger partial charge in [-0.1, -0.05) is 19.1 Å². The van der Waals surface area contributed by atoms with Crippen molar-refractivity contribution in [1.29, 1.82) is 0 Å². The average molecular weight is 264 g/mol. The highest BCUT2D eigenvalue weighted by Gasteiger charge is 2.29. The number of methoxy groups -OCH3 is 1. The van der Waals surface area contributed by atoms with Crippen LogP contribution in [0.25, 0.3) is 0 Å². The normalized spacial score (nSPS) is 11.2. The van der Waals surface area contributed by atoms with Crippen molar-refractivity contribution >= 4 is 5.91 Å². The van der Waals surface area contributed by atoms with Crippen molar-refractivity contribution in [2.45, 2.75) is 32.9 Å². The van der Waals surface area contributed by atoms with Gasteiger partial charge in [-0.05, 0) is 38.1 Å². The zero-order chi connectivity index (χ0) is 14.5. The molecule has 0 spiro atoms. The van der Waals surface area contributed by atoms with Crippen LogP contribution in [0, 0.1) is 0 Å². The molecule has 1 rings (SSSR count). The summed E-state index contributed by atoms with van der Waals surface area (Å²) in [4.78, 5) is 14.1. The third kappa shape index (κ3) is 4.24. The molecule has 0 unspecified atom stereocenters. The first-order valence-electron chi connectivity index (χ1n) is 6.54. The molecule has 0 aromatic heterocycles. The Hall–Kier alpha value is -1.55. The summed E-state index contributed by atoms with van der Waals surface area (Å²) in [6.45, 7) is 7.18. The van der Waals surface area contributed by atoms with Gasteiger partial charge in [-0.25, -0.2) is 0 Å². The molecule has 0 aliphatic carbocycles. The summed E-state index contributed by atoms with van der Waals surface area (Å²) >= 11 is 0. The predicted octanol–water partition coefficient (Wildman–Crippen LogP) is 2.04. The van der Waals surface area contributed by atoms with E-state index in [2.05, 4.69) is 5.32 Å². The lowest BCUT2D eigenvalue weighted by Crippen LogP contribution is -2.52. The van der Waals surface area contributed by atoms with Gasteiger partial charge in [-0.15, -0.1) is 0 Å². The summed E-state index contributed by atoms with van der Waals surface area (Å²) in [5.74, 6) is 0.913. The van der Waals surface area contributed by atoms with Crippen molar-refractivity contribution < 1.29 is 9.53 Å². The maximum atomic E-state index is 12.3. The smallest absolute Gasteiger partial charge is 0.242 e. The van der Waals surface area contributed by atoms with Crippen molar-refractivity contribution in [3.8, 4) is 5.75 Å². The molecule has 0 heterocycles. The highest BCUT2D eigenvalue weighted by atomic mass is 16.5. The third-order valence-electron chi connectivity index (χ3n) is 3.08. The predicted molar refractivity (Wildman–Crippen MR) is 77.2 cm³/mol. The first-order chi connectivity index (χ1) is 8.90. The van der Waals surface area contributed by atoms with Crippen molar-refractivity contribution in [2.75, 3.05) is 20.7 Å². The maximum absolute atomic E-state index is 12.3. The third-order valence-corrected chi connectivity index (χ3v) is 3.08. The molecule has 1 amide bonds. The van der Waals surface area contributed by atoms with E-state index < -0.39 is 5.54 Å². The van der Waals surface area contributed by atoms with Gasteiger partial charge in [0.1, 0.15) is 5.75 Å². The van der Waals surface area contributed by atoms with Gasteiger partial charge in [0.15, 0.2) is 0 Å². The number of amides is 1. The van der Waals surface area contributed by atoms with Gasteiger partial charge in [-0.2, -0.15) is 0 Å².